The second-order valence-corrected chi connectivity index (χ2v) is 6.22. The van der Waals surface area contributed by atoms with E-state index in [0.717, 1.165) is 18.6 Å². The van der Waals surface area contributed by atoms with E-state index in [4.69, 9.17) is 9.15 Å². The highest BCUT2D eigenvalue weighted by atomic mass is 16.5. The highest BCUT2D eigenvalue weighted by Crippen LogP contribution is 2.27. The molecule has 0 aliphatic heterocycles. The van der Waals surface area contributed by atoms with Crippen molar-refractivity contribution in [2.75, 3.05) is 0 Å². The number of ether oxygens (including phenoxy) is 1. The summed E-state index contributed by atoms with van der Waals surface area (Å²) >= 11 is 0. The Labute approximate surface area is 146 Å². The van der Waals surface area contributed by atoms with E-state index in [0.29, 0.717) is 18.1 Å². The molecule has 6 heteroatoms. The lowest BCUT2D eigenvalue weighted by Gasteiger charge is -2.09. The molecule has 1 aromatic heterocycles. The van der Waals surface area contributed by atoms with Gasteiger partial charge in [-0.2, -0.15) is 0 Å². The maximum absolute atomic E-state index is 12.0. The predicted octanol–water partition coefficient (Wildman–Crippen LogP) is 3.20. The number of carbonyl (C=O) groups is 2. The summed E-state index contributed by atoms with van der Waals surface area (Å²) in [4.78, 5) is 23.8. The Morgan fingerprint density at radius 3 is 2.56 bits per heavy atom. The molecule has 1 heterocycles. The van der Waals surface area contributed by atoms with E-state index >= 15 is 0 Å². The summed E-state index contributed by atoms with van der Waals surface area (Å²) in [5, 5.41) is 0. The van der Waals surface area contributed by atoms with Crippen molar-refractivity contribution in [3.8, 4) is 5.75 Å². The van der Waals surface area contributed by atoms with E-state index < -0.39 is 5.91 Å². The van der Waals surface area contributed by atoms with Crippen molar-refractivity contribution in [2.45, 2.75) is 38.7 Å². The zero-order valence-electron chi connectivity index (χ0n) is 14.0. The van der Waals surface area contributed by atoms with Gasteiger partial charge in [-0.1, -0.05) is 31.0 Å². The van der Waals surface area contributed by atoms with E-state index in [1.54, 1.807) is 12.1 Å². The number of rotatable bonds is 6. The van der Waals surface area contributed by atoms with Crippen molar-refractivity contribution < 1.29 is 18.7 Å². The molecule has 1 aliphatic rings. The first-order chi connectivity index (χ1) is 12.2. The van der Waals surface area contributed by atoms with Gasteiger partial charge in [0, 0.05) is 6.42 Å². The number of para-hydroxylation sites is 1. The van der Waals surface area contributed by atoms with Gasteiger partial charge < -0.3 is 9.15 Å². The maximum Gasteiger partial charge on any atom is 0.305 e. The monoisotopic (exact) mass is 342 g/mol. The van der Waals surface area contributed by atoms with Crippen molar-refractivity contribution in [3.63, 3.8) is 0 Å². The van der Waals surface area contributed by atoms with Gasteiger partial charge in [0.15, 0.2) is 5.76 Å². The van der Waals surface area contributed by atoms with Crippen LogP contribution in [0.15, 0.2) is 46.9 Å². The Morgan fingerprint density at radius 2 is 1.80 bits per heavy atom. The van der Waals surface area contributed by atoms with Crippen LogP contribution in [0.2, 0.25) is 0 Å². The molecule has 2 amide bonds. The fourth-order valence-electron chi connectivity index (χ4n) is 2.96. The van der Waals surface area contributed by atoms with Gasteiger partial charge in [0.05, 0.1) is 0 Å². The van der Waals surface area contributed by atoms with Crippen LogP contribution in [-0.4, -0.2) is 11.8 Å². The number of benzene rings is 1. The first-order valence-corrected chi connectivity index (χ1v) is 8.56. The maximum atomic E-state index is 12.0. The number of hydrogen-bond acceptors (Lipinski definition) is 4. The van der Waals surface area contributed by atoms with Gasteiger partial charge in [-0.3, -0.25) is 20.4 Å². The van der Waals surface area contributed by atoms with Crippen molar-refractivity contribution in [1.29, 1.82) is 0 Å². The van der Waals surface area contributed by atoms with Crippen LogP contribution in [0.3, 0.4) is 0 Å². The molecule has 132 valence electrons. The molecule has 0 atom stereocenters. The summed E-state index contributed by atoms with van der Waals surface area (Å²) in [7, 11) is 0. The first-order valence-electron chi connectivity index (χ1n) is 8.56. The third-order valence-electron chi connectivity index (χ3n) is 4.27. The number of furan rings is 1. The molecule has 1 aromatic carbocycles. The normalized spacial score (nSPS) is 14.2. The summed E-state index contributed by atoms with van der Waals surface area (Å²) in [6, 6.07) is 12.6. The smallest absolute Gasteiger partial charge is 0.305 e. The minimum Gasteiger partial charge on any atom is -0.486 e. The second-order valence-electron chi connectivity index (χ2n) is 6.22. The fraction of sp³-hybridized carbons (Fsp3) is 0.368. The topological polar surface area (TPSA) is 80.6 Å². The summed E-state index contributed by atoms with van der Waals surface area (Å²) in [6.45, 7) is 0.228. The zero-order valence-corrected chi connectivity index (χ0v) is 14.0. The van der Waals surface area contributed by atoms with Crippen LogP contribution < -0.4 is 15.6 Å². The minimum absolute atomic E-state index is 0.132. The molecule has 1 fully saturated rings. The Hall–Kier alpha value is -2.76. The van der Waals surface area contributed by atoms with E-state index in [-0.39, 0.29) is 18.3 Å². The molecule has 0 unspecified atom stereocenters. The molecule has 0 bridgehead atoms. The minimum atomic E-state index is -0.481. The summed E-state index contributed by atoms with van der Waals surface area (Å²) in [5.41, 5.74) is 4.83. The van der Waals surface area contributed by atoms with Crippen molar-refractivity contribution in [1.82, 2.24) is 10.9 Å². The number of amides is 2. The highest BCUT2D eigenvalue weighted by molar-refractivity contribution is 5.92. The van der Waals surface area contributed by atoms with Gasteiger partial charge >= 0.3 is 5.91 Å². The van der Waals surface area contributed by atoms with Gasteiger partial charge in [0.25, 0.3) is 0 Å². The van der Waals surface area contributed by atoms with Crippen LogP contribution in [0.1, 0.15) is 48.4 Å². The molecule has 2 N–H and O–H groups in total. The molecular weight excluding hydrogens is 320 g/mol. The molecule has 1 saturated carbocycles. The van der Waals surface area contributed by atoms with E-state index in [1.165, 1.54) is 12.8 Å². The standard InChI is InChI=1S/C19H22N2O4/c22-18(12-14-6-4-5-7-14)20-21-19(23)17-11-10-16(25-17)13-24-15-8-2-1-3-9-15/h1-3,8-11,14H,4-7,12-13H2,(H,20,22)(H,21,23). The number of carbonyl (C=O) groups excluding carboxylic acids is 2. The molecule has 2 aromatic rings. The lowest BCUT2D eigenvalue weighted by atomic mass is 10.0. The number of hydrogen-bond donors (Lipinski definition) is 2. The van der Waals surface area contributed by atoms with Gasteiger partial charge in [-0.25, -0.2) is 0 Å². The van der Waals surface area contributed by atoms with Gasteiger partial charge in [0.1, 0.15) is 18.1 Å². The Balaban J connectivity index is 1.43. The van der Waals surface area contributed by atoms with Crippen LogP contribution in [0.4, 0.5) is 0 Å². The van der Waals surface area contributed by atoms with Crippen LogP contribution in [0.5, 0.6) is 5.75 Å². The third kappa shape index (κ3) is 5.11. The Kier molecular flexibility index (Phi) is 5.72. The van der Waals surface area contributed by atoms with Crippen molar-refractivity contribution in [2.24, 2.45) is 5.92 Å². The van der Waals surface area contributed by atoms with E-state index in [2.05, 4.69) is 10.9 Å². The van der Waals surface area contributed by atoms with Crippen LogP contribution >= 0.6 is 0 Å². The summed E-state index contributed by atoms with van der Waals surface area (Å²) < 4.78 is 11.0. The Bertz CT molecular complexity index is 705. The molecule has 0 saturated heterocycles. The largest absolute Gasteiger partial charge is 0.486 e. The van der Waals surface area contributed by atoms with Crippen LogP contribution in [0.25, 0.3) is 0 Å². The number of nitrogens with one attached hydrogen (secondary N) is 2. The third-order valence-corrected chi connectivity index (χ3v) is 4.27. The fourth-order valence-corrected chi connectivity index (χ4v) is 2.96. The molecule has 3 rings (SSSR count). The van der Waals surface area contributed by atoms with E-state index in [9.17, 15) is 9.59 Å². The number of hydrazine groups is 1. The van der Waals surface area contributed by atoms with Crippen molar-refractivity contribution in [3.05, 3.63) is 54.0 Å². The van der Waals surface area contributed by atoms with Gasteiger partial charge in [-0.15, -0.1) is 0 Å². The second kappa shape index (κ2) is 8.37. The van der Waals surface area contributed by atoms with Crippen LogP contribution in [-0.2, 0) is 11.4 Å². The molecule has 6 nitrogen and oxygen atoms in total. The SMILES string of the molecule is O=C(CC1CCCC1)NNC(=O)c1ccc(COc2ccccc2)o1. The molecular formula is C19H22N2O4. The van der Waals surface area contributed by atoms with Gasteiger partial charge in [-0.05, 0) is 43.0 Å². The molecule has 0 spiro atoms. The summed E-state index contributed by atoms with van der Waals surface area (Å²) in [6.07, 6.45) is 5.00. The van der Waals surface area contributed by atoms with Crippen molar-refractivity contribution >= 4 is 11.8 Å². The predicted molar refractivity (Wildman–Crippen MR) is 91.7 cm³/mol. The zero-order chi connectivity index (χ0) is 17.5. The Morgan fingerprint density at radius 1 is 1.04 bits per heavy atom. The quantitative estimate of drug-likeness (QED) is 0.790. The average Bonchev–Trinajstić information content (AvgIpc) is 3.30. The molecule has 25 heavy (non-hydrogen) atoms. The molecule has 0 radical (unpaired) electrons. The van der Waals surface area contributed by atoms with Crippen LogP contribution in [0, 0.1) is 5.92 Å². The lowest BCUT2D eigenvalue weighted by molar-refractivity contribution is -0.122. The highest BCUT2D eigenvalue weighted by Gasteiger charge is 2.19. The first kappa shape index (κ1) is 17.1. The average molecular weight is 342 g/mol. The van der Waals surface area contributed by atoms with E-state index in [1.807, 2.05) is 30.3 Å². The van der Waals surface area contributed by atoms with Gasteiger partial charge in [0.2, 0.25) is 5.91 Å². The summed E-state index contributed by atoms with van der Waals surface area (Å²) in [5.74, 6) is 1.18. The lowest BCUT2D eigenvalue weighted by Crippen LogP contribution is -2.42. The molecule has 1 aliphatic carbocycles.